The smallest absolute Gasteiger partial charge is 0.293 e. The van der Waals surface area contributed by atoms with Crippen LogP contribution in [0.5, 0.6) is 0 Å². The number of anilines is 1. The highest BCUT2D eigenvalue weighted by Crippen LogP contribution is 2.25. The van der Waals surface area contributed by atoms with Crippen LogP contribution in [0.4, 0.5) is 11.4 Å². The summed E-state index contributed by atoms with van der Waals surface area (Å²) in [4.78, 5) is 20.8. The van der Waals surface area contributed by atoms with Gasteiger partial charge in [-0.2, -0.15) is 0 Å². The van der Waals surface area contributed by atoms with Crippen molar-refractivity contribution in [2.24, 2.45) is 0 Å². The quantitative estimate of drug-likeness (QED) is 0.517. The van der Waals surface area contributed by atoms with Crippen molar-refractivity contribution in [1.29, 1.82) is 0 Å². The van der Waals surface area contributed by atoms with Gasteiger partial charge in [0.15, 0.2) is 0 Å². The Kier molecular flexibility index (Phi) is 3.39. The van der Waals surface area contributed by atoms with Crippen LogP contribution in [0.3, 0.4) is 0 Å². The first kappa shape index (κ1) is 10.9. The van der Waals surface area contributed by atoms with E-state index in [9.17, 15) is 14.9 Å². The van der Waals surface area contributed by atoms with Crippen LogP contribution in [0.1, 0.15) is 6.92 Å². The number of nitro groups is 1. The van der Waals surface area contributed by atoms with Gasteiger partial charge < -0.3 is 5.32 Å². The highest BCUT2D eigenvalue weighted by Gasteiger charge is 2.14. The second-order valence-corrected chi connectivity index (χ2v) is 3.85. The number of amides is 1. The molecule has 0 saturated carbocycles. The summed E-state index contributed by atoms with van der Waals surface area (Å²) < 4.78 is 0.753. The van der Waals surface area contributed by atoms with Crippen molar-refractivity contribution in [3.8, 4) is 0 Å². The molecule has 1 N–H and O–H groups in total. The molecule has 14 heavy (non-hydrogen) atoms. The highest BCUT2D eigenvalue weighted by atomic mass is 127. The summed E-state index contributed by atoms with van der Waals surface area (Å²) in [5, 5.41) is 13.0. The Hall–Kier alpha value is -1.18. The Morgan fingerprint density at radius 1 is 1.57 bits per heavy atom. The van der Waals surface area contributed by atoms with Crippen LogP contribution in [-0.4, -0.2) is 10.8 Å². The molecule has 1 amide bonds. The lowest BCUT2D eigenvalue weighted by Crippen LogP contribution is -2.08. The van der Waals surface area contributed by atoms with Crippen molar-refractivity contribution >= 4 is 39.9 Å². The zero-order valence-electron chi connectivity index (χ0n) is 7.28. The molecule has 1 aromatic carbocycles. The molecule has 0 saturated heterocycles. The van der Waals surface area contributed by atoms with E-state index in [2.05, 4.69) is 5.32 Å². The molecule has 0 aliphatic rings. The minimum Gasteiger partial charge on any atom is -0.321 e. The normalized spacial score (nSPS) is 9.57. The number of carbonyl (C=O) groups excluding carboxylic acids is 1. The average molecular weight is 306 g/mol. The van der Waals surface area contributed by atoms with Crippen molar-refractivity contribution in [3.63, 3.8) is 0 Å². The molecule has 5 nitrogen and oxygen atoms in total. The van der Waals surface area contributed by atoms with Crippen molar-refractivity contribution in [2.75, 3.05) is 5.32 Å². The van der Waals surface area contributed by atoms with Gasteiger partial charge in [0.1, 0.15) is 5.69 Å². The van der Waals surface area contributed by atoms with Crippen molar-refractivity contribution in [3.05, 3.63) is 31.9 Å². The highest BCUT2D eigenvalue weighted by molar-refractivity contribution is 14.1. The van der Waals surface area contributed by atoms with Gasteiger partial charge in [0.2, 0.25) is 5.91 Å². The number of hydrogen-bond donors (Lipinski definition) is 1. The number of hydrogen-bond acceptors (Lipinski definition) is 3. The number of nitro benzene ring substituents is 1. The lowest BCUT2D eigenvalue weighted by atomic mass is 10.2. The van der Waals surface area contributed by atoms with Crippen LogP contribution in [0.25, 0.3) is 0 Å². The Morgan fingerprint density at radius 3 is 2.71 bits per heavy atom. The fourth-order valence-corrected chi connectivity index (χ4v) is 1.43. The summed E-state index contributed by atoms with van der Waals surface area (Å²) in [5.41, 5.74) is 0.134. The largest absolute Gasteiger partial charge is 0.321 e. The Labute approximate surface area is 93.8 Å². The van der Waals surface area contributed by atoms with Gasteiger partial charge in [0, 0.05) is 16.6 Å². The Balaban J connectivity index is 3.14. The number of rotatable bonds is 2. The molecule has 0 aliphatic carbocycles. The van der Waals surface area contributed by atoms with E-state index in [0.717, 1.165) is 3.57 Å². The lowest BCUT2D eigenvalue weighted by Gasteiger charge is -2.02. The summed E-state index contributed by atoms with van der Waals surface area (Å²) >= 11 is 1.97. The van der Waals surface area contributed by atoms with Gasteiger partial charge in [-0.25, -0.2) is 0 Å². The number of benzene rings is 1. The van der Waals surface area contributed by atoms with Crippen molar-refractivity contribution < 1.29 is 9.72 Å². The monoisotopic (exact) mass is 306 g/mol. The summed E-state index contributed by atoms with van der Waals surface area (Å²) in [6, 6.07) is 4.62. The molecular weight excluding hydrogens is 299 g/mol. The zero-order chi connectivity index (χ0) is 10.7. The van der Waals surface area contributed by atoms with E-state index in [1.165, 1.54) is 19.1 Å². The predicted molar refractivity (Wildman–Crippen MR) is 60.1 cm³/mol. The van der Waals surface area contributed by atoms with E-state index in [0.29, 0.717) is 0 Å². The first-order chi connectivity index (χ1) is 6.50. The van der Waals surface area contributed by atoms with E-state index < -0.39 is 4.92 Å². The summed E-state index contributed by atoms with van der Waals surface area (Å²) in [5.74, 6) is -0.325. The molecule has 0 radical (unpaired) electrons. The molecule has 0 aliphatic heterocycles. The van der Waals surface area contributed by atoms with Crippen LogP contribution < -0.4 is 5.32 Å². The average Bonchev–Trinajstić information content (AvgIpc) is 2.07. The maximum Gasteiger partial charge on any atom is 0.293 e. The van der Waals surface area contributed by atoms with E-state index in [1.54, 1.807) is 6.07 Å². The molecule has 1 rings (SSSR count). The third kappa shape index (κ3) is 2.66. The molecule has 0 heterocycles. The van der Waals surface area contributed by atoms with E-state index in [1.807, 2.05) is 22.6 Å². The maximum atomic E-state index is 10.7. The lowest BCUT2D eigenvalue weighted by molar-refractivity contribution is -0.384. The van der Waals surface area contributed by atoms with Gasteiger partial charge in [0.25, 0.3) is 5.69 Å². The summed E-state index contributed by atoms with van der Waals surface area (Å²) in [6.07, 6.45) is 0. The predicted octanol–water partition coefficient (Wildman–Crippen LogP) is 2.16. The van der Waals surface area contributed by atoms with Crippen LogP contribution >= 0.6 is 22.6 Å². The van der Waals surface area contributed by atoms with Crippen LogP contribution in [-0.2, 0) is 4.79 Å². The van der Waals surface area contributed by atoms with Gasteiger partial charge in [-0.15, -0.1) is 0 Å². The second kappa shape index (κ2) is 4.36. The minimum atomic E-state index is -0.520. The number of nitrogens with zero attached hydrogens (tertiary/aromatic N) is 1. The third-order valence-electron chi connectivity index (χ3n) is 1.47. The van der Waals surface area contributed by atoms with Crippen molar-refractivity contribution in [1.82, 2.24) is 0 Å². The van der Waals surface area contributed by atoms with Crippen LogP contribution in [0.2, 0.25) is 0 Å². The SMILES string of the molecule is CC(=O)Nc1ccc(I)cc1[N+](=O)[O-]. The molecule has 0 bridgehead atoms. The number of carbonyl (C=O) groups is 1. The second-order valence-electron chi connectivity index (χ2n) is 2.60. The number of halogens is 1. The first-order valence-corrected chi connectivity index (χ1v) is 4.80. The molecule has 0 fully saturated rings. The Morgan fingerprint density at radius 2 is 2.21 bits per heavy atom. The standard InChI is InChI=1S/C8H7IN2O3/c1-5(12)10-7-3-2-6(9)4-8(7)11(13)14/h2-4H,1H3,(H,10,12). The van der Waals surface area contributed by atoms with E-state index in [4.69, 9.17) is 0 Å². The van der Waals surface area contributed by atoms with Crippen molar-refractivity contribution in [2.45, 2.75) is 6.92 Å². The van der Waals surface area contributed by atoms with Gasteiger partial charge >= 0.3 is 0 Å². The third-order valence-corrected chi connectivity index (χ3v) is 2.14. The molecule has 0 unspecified atom stereocenters. The van der Waals surface area contributed by atoms with Crippen LogP contribution in [0.15, 0.2) is 18.2 Å². The fourth-order valence-electron chi connectivity index (χ4n) is 0.951. The summed E-state index contributed by atoms with van der Waals surface area (Å²) in [7, 11) is 0. The molecule has 0 spiro atoms. The van der Waals surface area contributed by atoms with E-state index >= 15 is 0 Å². The molecule has 1 aromatic rings. The Bertz CT molecular complexity index is 392. The molecule has 6 heteroatoms. The van der Waals surface area contributed by atoms with Gasteiger partial charge in [-0.3, -0.25) is 14.9 Å². The van der Waals surface area contributed by atoms with Gasteiger partial charge in [-0.05, 0) is 34.7 Å². The van der Waals surface area contributed by atoms with E-state index in [-0.39, 0.29) is 17.3 Å². The molecule has 74 valence electrons. The molecule has 0 aromatic heterocycles. The van der Waals surface area contributed by atoms with Crippen LogP contribution in [0, 0.1) is 13.7 Å². The van der Waals surface area contributed by atoms with Gasteiger partial charge in [0.05, 0.1) is 4.92 Å². The first-order valence-electron chi connectivity index (χ1n) is 3.72. The summed E-state index contributed by atoms with van der Waals surface area (Å²) in [6.45, 7) is 1.31. The van der Waals surface area contributed by atoms with Gasteiger partial charge in [-0.1, -0.05) is 0 Å². The molecule has 0 atom stereocenters. The minimum absolute atomic E-state index is 0.0906. The fraction of sp³-hybridized carbons (Fsp3) is 0.125. The topological polar surface area (TPSA) is 72.2 Å². The number of nitrogens with one attached hydrogen (secondary N) is 1. The zero-order valence-corrected chi connectivity index (χ0v) is 9.44. The maximum absolute atomic E-state index is 10.7. The molecular formula is C8H7IN2O3.